The zero-order valence-electron chi connectivity index (χ0n) is 10.5. The predicted octanol–water partition coefficient (Wildman–Crippen LogP) is 0.251. The molecular formula is C13H14FNO5. The number of aliphatic hydroxyl groups is 1. The third-order valence-electron chi connectivity index (χ3n) is 3.04. The summed E-state index contributed by atoms with van der Waals surface area (Å²) in [7, 11) is 0. The van der Waals surface area contributed by atoms with Crippen LogP contribution in [0.5, 0.6) is 5.75 Å². The highest BCUT2D eigenvalue weighted by Gasteiger charge is 2.38. The second-order valence-corrected chi connectivity index (χ2v) is 4.54. The van der Waals surface area contributed by atoms with E-state index in [1.165, 1.54) is 18.2 Å². The van der Waals surface area contributed by atoms with Gasteiger partial charge < -0.3 is 19.8 Å². The first-order chi connectivity index (χ1) is 9.47. The summed E-state index contributed by atoms with van der Waals surface area (Å²) < 4.78 is 18.0. The van der Waals surface area contributed by atoms with Crippen LogP contribution in [0.3, 0.4) is 0 Å². The van der Waals surface area contributed by atoms with E-state index in [1.807, 2.05) is 0 Å². The molecule has 108 valence electrons. The molecule has 7 heteroatoms. The predicted molar refractivity (Wildman–Crippen MR) is 65.7 cm³/mol. The molecule has 2 rings (SSSR count). The SMILES string of the molecule is O=C(O)[C@H]1C[C@@H](O)CN1C(=O)COc1cccc(F)c1. The number of likely N-dealkylation sites (tertiary alicyclic amines) is 1. The molecule has 2 atom stereocenters. The second kappa shape index (κ2) is 5.87. The Morgan fingerprint density at radius 3 is 2.85 bits per heavy atom. The number of halogens is 1. The molecule has 1 aromatic carbocycles. The van der Waals surface area contributed by atoms with Crippen molar-refractivity contribution in [1.82, 2.24) is 4.90 Å². The van der Waals surface area contributed by atoms with Crippen LogP contribution >= 0.6 is 0 Å². The third-order valence-corrected chi connectivity index (χ3v) is 3.04. The summed E-state index contributed by atoms with van der Waals surface area (Å²) in [4.78, 5) is 23.9. The number of carbonyl (C=O) groups is 2. The number of hydrogen-bond donors (Lipinski definition) is 2. The molecule has 1 amide bonds. The minimum atomic E-state index is -1.17. The van der Waals surface area contributed by atoms with Crippen molar-refractivity contribution < 1.29 is 28.9 Å². The number of amides is 1. The van der Waals surface area contributed by atoms with E-state index in [0.29, 0.717) is 0 Å². The molecule has 0 aromatic heterocycles. The topological polar surface area (TPSA) is 87.1 Å². The smallest absolute Gasteiger partial charge is 0.326 e. The molecule has 1 aromatic rings. The summed E-state index contributed by atoms with van der Waals surface area (Å²) in [5, 5.41) is 18.4. The van der Waals surface area contributed by atoms with Crippen LogP contribution in [0.4, 0.5) is 4.39 Å². The van der Waals surface area contributed by atoms with Gasteiger partial charge in [0.25, 0.3) is 5.91 Å². The lowest BCUT2D eigenvalue weighted by molar-refractivity contribution is -0.148. The Hall–Kier alpha value is -2.15. The lowest BCUT2D eigenvalue weighted by Crippen LogP contribution is -2.42. The molecular weight excluding hydrogens is 269 g/mol. The van der Waals surface area contributed by atoms with E-state index in [0.717, 1.165) is 11.0 Å². The molecule has 0 radical (unpaired) electrons. The van der Waals surface area contributed by atoms with E-state index >= 15 is 0 Å². The first-order valence-corrected chi connectivity index (χ1v) is 6.06. The Bertz CT molecular complexity index is 521. The fourth-order valence-corrected chi connectivity index (χ4v) is 2.11. The third kappa shape index (κ3) is 3.24. The Kier molecular flexibility index (Phi) is 4.19. The van der Waals surface area contributed by atoms with Crippen molar-refractivity contribution in [2.75, 3.05) is 13.2 Å². The van der Waals surface area contributed by atoms with Crippen molar-refractivity contribution in [2.45, 2.75) is 18.6 Å². The maximum Gasteiger partial charge on any atom is 0.326 e. The summed E-state index contributed by atoms with van der Waals surface area (Å²) in [5.74, 6) is -2.03. The van der Waals surface area contributed by atoms with Crippen LogP contribution in [0.1, 0.15) is 6.42 Å². The van der Waals surface area contributed by atoms with Crippen LogP contribution in [-0.4, -0.2) is 52.3 Å². The summed E-state index contributed by atoms with van der Waals surface area (Å²) in [6, 6.07) is 4.25. The van der Waals surface area contributed by atoms with Crippen molar-refractivity contribution in [2.24, 2.45) is 0 Å². The standard InChI is InChI=1S/C13H14FNO5/c14-8-2-1-3-10(4-8)20-7-12(17)15-6-9(16)5-11(15)13(18)19/h1-4,9,11,16H,5-7H2,(H,18,19)/t9-,11-/m1/s1. The molecule has 1 saturated heterocycles. The highest BCUT2D eigenvalue weighted by molar-refractivity contribution is 5.85. The Morgan fingerprint density at radius 2 is 2.20 bits per heavy atom. The molecule has 2 N–H and O–H groups in total. The van der Waals surface area contributed by atoms with Gasteiger partial charge >= 0.3 is 5.97 Å². The summed E-state index contributed by atoms with van der Waals surface area (Å²) in [6.07, 6.45) is -0.852. The minimum absolute atomic E-state index is 0.00103. The van der Waals surface area contributed by atoms with E-state index in [9.17, 15) is 19.1 Å². The van der Waals surface area contributed by atoms with E-state index < -0.39 is 36.4 Å². The number of benzene rings is 1. The van der Waals surface area contributed by atoms with Gasteiger partial charge in [-0.3, -0.25) is 4.79 Å². The molecule has 6 nitrogen and oxygen atoms in total. The van der Waals surface area contributed by atoms with Gasteiger partial charge in [-0.1, -0.05) is 6.07 Å². The largest absolute Gasteiger partial charge is 0.484 e. The normalized spacial score (nSPS) is 21.8. The number of ether oxygens (including phenoxy) is 1. The number of carbonyl (C=O) groups excluding carboxylic acids is 1. The average molecular weight is 283 g/mol. The molecule has 0 spiro atoms. The van der Waals surface area contributed by atoms with Crippen molar-refractivity contribution in [1.29, 1.82) is 0 Å². The minimum Gasteiger partial charge on any atom is -0.484 e. The van der Waals surface area contributed by atoms with E-state index in [1.54, 1.807) is 0 Å². The van der Waals surface area contributed by atoms with Gasteiger partial charge in [0.2, 0.25) is 0 Å². The van der Waals surface area contributed by atoms with Gasteiger partial charge in [0.15, 0.2) is 6.61 Å². The summed E-state index contributed by atoms with van der Waals surface area (Å²) >= 11 is 0. The number of nitrogens with zero attached hydrogens (tertiary/aromatic N) is 1. The highest BCUT2D eigenvalue weighted by Crippen LogP contribution is 2.19. The molecule has 0 aliphatic carbocycles. The molecule has 1 aliphatic heterocycles. The van der Waals surface area contributed by atoms with Crippen molar-refractivity contribution >= 4 is 11.9 Å². The summed E-state index contributed by atoms with van der Waals surface area (Å²) in [6.45, 7) is -0.442. The zero-order chi connectivity index (χ0) is 14.7. The number of aliphatic carboxylic acids is 1. The van der Waals surface area contributed by atoms with Crippen LogP contribution in [0.15, 0.2) is 24.3 Å². The zero-order valence-corrected chi connectivity index (χ0v) is 10.5. The van der Waals surface area contributed by atoms with E-state index in [-0.39, 0.29) is 18.7 Å². The summed E-state index contributed by atoms with van der Waals surface area (Å²) in [5.41, 5.74) is 0. The lowest BCUT2D eigenvalue weighted by atomic mass is 10.2. The van der Waals surface area contributed by atoms with Crippen molar-refractivity contribution in [3.63, 3.8) is 0 Å². The number of hydrogen-bond acceptors (Lipinski definition) is 4. The van der Waals surface area contributed by atoms with Gasteiger partial charge in [-0.05, 0) is 12.1 Å². The number of aliphatic hydroxyl groups excluding tert-OH is 1. The fourth-order valence-electron chi connectivity index (χ4n) is 2.11. The number of rotatable bonds is 4. The van der Waals surface area contributed by atoms with Gasteiger partial charge in [-0.2, -0.15) is 0 Å². The quantitative estimate of drug-likeness (QED) is 0.827. The van der Waals surface area contributed by atoms with Crippen LogP contribution in [-0.2, 0) is 9.59 Å². The molecule has 0 bridgehead atoms. The van der Waals surface area contributed by atoms with Gasteiger partial charge in [-0.25, -0.2) is 9.18 Å². The van der Waals surface area contributed by atoms with Gasteiger partial charge in [0, 0.05) is 19.0 Å². The second-order valence-electron chi connectivity index (χ2n) is 4.54. The van der Waals surface area contributed by atoms with Gasteiger partial charge in [0.1, 0.15) is 17.6 Å². The molecule has 0 saturated carbocycles. The monoisotopic (exact) mass is 283 g/mol. The highest BCUT2D eigenvalue weighted by atomic mass is 19.1. The van der Waals surface area contributed by atoms with Gasteiger partial charge in [-0.15, -0.1) is 0 Å². The number of β-amino-alcohol motifs (C(OH)–C–C–N with tert-alkyl or cyclic N) is 1. The first kappa shape index (κ1) is 14.3. The Morgan fingerprint density at radius 1 is 1.45 bits per heavy atom. The van der Waals surface area contributed by atoms with Crippen molar-refractivity contribution in [3.05, 3.63) is 30.1 Å². The molecule has 0 unspecified atom stereocenters. The van der Waals surface area contributed by atoms with Crippen LogP contribution < -0.4 is 4.74 Å². The maximum atomic E-state index is 12.9. The van der Waals surface area contributed by atoms with Crippen molar-refractivity contribution in [3.8, 4) is 5.75 Å². The first-order valence-electron chi connectivity index (χ1n) is 6.06. The molecule has 1 fully saturated rings. The lowest BCUT2D eigenvalue weighted by Gasteiger charge is -2.21. The number of carboxylic acids is 1. The van der Waals surface area contributed by atoms with E-state index in [4.69, 9.17) is 9.84 Å². The Balaban J connectivity index is 1.96. The van der Waals surface area contributed by atoms with Crippen LogP contribution in [0, 0.1) is 5.82 Å². The van der Waals surface area contributed by atoms with Crippen LogP contribution in [0.25, 0.3) is 0 Å². The molecule has 20 heavy (non-hydrogen) atoms. The molecule has 1 heterocycles. The Labute approximate surface area is 114 Å². The van der Waals surface area contributed by atoms with Gasteiger partial charge in [0.05, 0.1) is 6.10 Å². The fraction of sp³-hybridized carbons (Fsp3) is 0.385. The maximum absolute atomic E-state index is 12.9. The van der Waals surface area contributed by atoms with E-state index in [2.05, 4.69) is 0 Å². The van der Waals surface area contributed by atoms with Crippen LogP contribution in [0.2, 0.25) is 0 Å². The molecule has 1 aliphatic rings. The average Bonchev–Trinajstić information content (AvgIpc) is 2.78. The number of carboxylic acid groups (broad SMARTS) is 1.